The summed E-state index contributed by atoms with van der Waals surface area (Å²) in [5.74, 6) is -0.481. The molecule has 1 aliphatic rings. The zero-order chi connectivity index (χ0) is 30.5. The topological polar surface area (TPSA) is 164 Å². The van der Waals surface area contributed by atoms with Crippen molar-refractivity contribution in [3.8, 4) is 0 Å². The van der Waals surface area contributed by atoms with Crippen molar-refractivity contribution in [2.75, 3.05) is 26.1 Å². The van der Waals surface area contributed by atoms with Crippen LogP contribution in [-0.2, 0) is 37.4 Å². The maximum absolute atomic E-state index is 13.7. The van der Waals surface area contributed by atoms with Crippen LogP contribution >= 0.6 is 31.1 Å². The summed E-state index contributed by atoms with van der Waals surface area (Å²) < 4.78 is 42.8. The lowest BCUT2D eigenvalue weighted by Gasteiger charge is -2.29. The number of methoxy groups -OCH3 is 1. The third-order valence-electron chi connectivity index (χ3n) is 5.69. The molecule has 1 saturated heterocycles. The van der Waals surface area contributed by atoms with E-state index in [2.05, 4.69) is 10.1 Å². The number of nitrogens with zero attached hydrogens (tertiary/aromatic N) is 1. The van der Waals surface area contributed by atoms with Crippen molar-refractivity contribution in [3.05, 3.63) is 33.1 Å². The molecule has 13 nitrogen and oxygen atoms in total. The minimum absolute atomic E-state index is 0.0686. The number of thioether (sulfide) groups is 1. The van der Waals surface area contributed by atoms with E-state index in [-0.39, 0.29) is 24.1 Å². The van der Waals surface area contributed by atoms with Gasteiger partial charge in [0.1, 0.15) is 23.1 Å². The molecular weight excluding hydrogens is 589 g/mol. The van der Waals surface area contributed by atoms with Crippen molar-refractivity contribution in [2.45, 2.75) is 83.9 Å². The highest BCUT2D eigenvalue weighted by Gasteiger charge is 2.55. The number of nitrogens with one attached hydrogen (secondary N) is 2. The van der Waals surface area contributed by atoms with E-state index in [1.807, 2.05) is 0 Å². The van der Waals surface area contributed by atoms with Gasteiger partial charge in [0.15, 0.2) is 11.3 Å². The van der Waals surface area contributed by atoms with Crippen LogP contribution in [0.1, 0.15) is 54.7 Å². The second kappa shape index (κ2) is 14.1. The Balaban J connectivity index is 2.21. The fraction of sp³-hybridized carbons (Fsp3) is 0.750. The number of hydrogen-bond donors (Lipinski definition) is 2. The van der Waals surface area contributed by atoms with Crippen LogP contribution in [0.5, 0.6) is 0 Å². The van der Waals surface area contributed by atoms with E-state index in [0.717, 1.165) is 22.4 Å². The minimum Gasteiger partial charge on any atom is -0.462 e. The molecule has 1 fully saturated rings. The van der Waals surface area contributed by atoms with Gasteiger partial charge < -0.3 is 14.2 Å². The summed E-state index contributed by atoms with van der Waals surface area (Å²) >= 11 is 7.79. The van der Waals surface area contributed by atoms with E-state index in [0.29, 0.717) is 0 Å². The number of halogens is 1. The van der Waals surface area contributed by atoms with Gasteiger partial charge in [0, 0.05) is 30.5 Å². The molecule has 0 bridgehead atoms. The van der Waals surface area contributed by atoms with Gasteiger partial charge in [0.2, 0.25) is 0 Å². The first kappa shape index (κ1) is 34.7. The van der Waals surface area contributed by atoms with Crippen LogP contribution in [0.15, 0.2) is 21.9 Å². The highest BCUT2D eigenvalue weighted by Crippen LogP contribution is 2.48. The van der Waals surface area contributed by atoms with Gasteiger partial charge >= 0.3 is 19.4 Å². The Kier molecular flexibility index (Phi) is 12.2. The zero-order valence-electron chi connectivity index (χ0n) is 23.9. The molecule has 6 atom stereocenters. The van der Waals surface area contributed by atoms with Crippen LogP contribution in [0.25, 0.3) is 0 Å². The minimum atomic E-state index is -4.18. The average Bonchev–Trinajstić information content (AvgIpc) is 3.08. The second-order valence-corrected chi connectivity index (χ2v) is 14.4. The van der Waals surface area contributed by atoms with E-state index >= 15 is 0 Å². The number of carbonyl (C=O) groups excluding carboxylic acids is 2. The van der Waals surface area contributed by atoms with Crippen LogP contribution in [0.3, 0.4) is 0 Å². The molecule has 0 aliphatic carbocycles. The number of esters is 1. The SMILES string of the molecule is CO[C@@H]1[C@@H](COP(=O)(NC(C)C(=O)OC(C)C)OCCSC(=O)C(C)(C)C)O[C@@H](n2ccc(=O)[nH]c2=O)[C@]1(C)Cl. The van der Waals surface area contributed by atoms with Crippen LogP contribution in [0.2, 0.25) is 0 Å². The molecule has 16 heteroatoms. The van der Waals surface area contributed by atoms with Crippen molar-refractivity contribution in [2.24, 2.45) is 5.41 Å². The number of carbonyl (C=O) groups is 2. The number of alkyl halides is 1. The molecule has 2 heterocycles. The lowest BCUT2D eigenvalue weighted by molar-refractivity contribution is -0.149. The number of aromatic nitrogens is 2. The van der Waals surface area contributed by atoms with Gasteiger partial charge in [-0.1, -0.05) is 32.5 Å². The molecule has 0 radical (unpaired) electrons. The summed E-state index contributed by atoms with van der Waals surface area (Å²) in [5, 5.41) is 2.50. The molecule has 0 amide bonds. The number of ether oxygens (including phenoxy) is 3. The third kappa shape index (κ3) is 9.25. The summed E-state index contributed by atoms with van der Waals surface area (Å²) in [6.45, 7) is 11.2. The largest absolute Gasteiger partial charge is 0.462 e. The molecule has 0 saturated carbocycles. The molecule has 0 spiro atoms. The van der Waals surface area contributed by atoms with Gasteiger partial charge in [0.25, 0.3) is 5.56 Å². The van der Waals surface area contributed by atoms with Crippen molar-refractivity contribution in [1.82, 2.24) is 14.6 Å². The van der Waals surface area contributed by atoms with E-state index in [1.165, 1.54) is 20.2 Å². The normalized spacial score (nSPS) is 25.5. The molecule has 2 N–H and O–H groups in total. The first-order chi connectivity index (χ1) is 18.4. The maximum atomic E-state index is 13.7. The van der Waals surface area contributed by atoms with Gasteiger partial charge in [-0.05, 0) is 27.7 Å². The maximum Gasteiger partial charge on any atom is 0.406 e. The predicted octanol–water partition coefficient (Wildman–Crippen LogP) is 2.82. The molecule has 40 heavy (non-hydrogen) atoms. The number of rotatable bonds is 13. The molecule has 0 aromatic carbocycles. The summed E-state index contributed by atoms with van der Waals surface area (Å²) in [5.41, 5.74) is -1.89. The molecular formula is C24H39ClN3O10PS. The van der Waals surface area contributed by atoms with Gasteiger partial charge in [-0.3, -0.25) is 33.0 Å². The molecule has 2 unspecified atom stereocenters. The monoisotopic (exact) mass is 627 g/mol. The smallest absolute Gasteiger partial charge is 0.406 e. The van der Waals surface area contributed by atoms with Gasteiger partial charge in [-0.25, -0.2) is 14.4 Å². The number of aromatic amines is 1. The highest BCUT2D eigenvalue weighted by molar-refractivity contribution is 8.13. The van der Waals surface area contributed by atoms with Crippen LogP contribution in [0, 0.1) is 5.41 Å². The first-order valence-electron chi connectivity index (χ1n) is 12.6. The molecule has 2 rings (SSSR count). The standard InChI is InChI=1S/C24H39ClN3O10PS/c1-14(2)37-19(30)15(3)27-39(33,35-11-12-40-21(31)23(4,5)6)36-13-16-18(34-8)24(7,25)20(38-16)28-10-9-17(29)26-22(28)32/h9-10,14-16,18,20H,11-13H2,1-8H3,(H,27,33)(H,26,29,32)/t15?,16-,18-,20-,24-,39?/m1/s1. The molecule has 1 aromatic heterocycles. The summed E-state index contributed by atoms with van der Waals surface area (Å²) in [7, 11) is -2.79. The summed E-state index contributed by atoms with van der Waals surface area (Å²) in [6.07, 6.45) is -2.03. The fourth-order valence-corrected chi connectivity index (χ4v) is 6.52. The number of H-pyrrole nitrogens is 1. The molecule has 1 aromatic rings. The Hall–Kier alpha value is -1.51. The van der Waals surface area contributed by atoms with E-state index in [1.54, 1.807) is 41.5 Å². The predicted molar refractivity (Wildman–Crippen MR) is 151 cm³/mol. The summed E-state index contributed by atoms with van der Waals surface area (Å²) in [6, 6.07) is 0.0839. The Morgan fingerprint density at radius 2 is 1.93 bits per heavy atom. The van der Waals surface area contributed by atoms with Crippen LogP contribution < -0.4 is 16.3 Å². The average molecular weight is 628 g/mol. The van der Waals surface area contributed by atoms with Gasteiger partial charge in [-0.15, -0.1) is 11.6 Å². The van der Waals surface area contributed by atoms with Crippen molar-refractivity contribution >= 4 is 42.2 Å². The van der Waals surface area contributed by atoms with Crippen molar-refractivity contribution in [1.29, 1.82) is 0 Å². The quantitative estimate of drug-likeness (QED) is 0.142. The lowest BCUT2D eigenvalue weighted by Crippen LogP contribution is -2.44. The second-order valence-electron chi connectivity index (χ2n) is 10.7. The van der Waals surface area contributed by atoms with E-state index in [9.17, 15) is 23.7 Å². The van der Waals surface area contributed by atoms with E-state index in [4.69, 9.17) is 34.9 Å². The Bertz CT molecular complexity index is 1200. The lowest BCUT2D eigenvalue weighted by atomic mass is 10.00. The fourth-order valence-electron chi connectivity index (χ4n) is 3.75. The van der Waals surface area contributed by atoms with Crippen molar-refractivity contribution in [3.63, 3.8) is 0 Å². The summed E-state index contributed by atoms with van der Waals surface area (Å²) in [4.78, 5) is 49.4. The van der Waals surface area contributed by atoms with Crippen molar-refractivity contribution < 1.29 is 37.4 Å². The van der Waals surface area contributed by atoms with Crippen LogP contribution in [0.4, 0.5) is 0 Å². The van der Waals surface area contributed by atoms with Gasteiger partial charge in [-0.2, -0.15) is 0 Å². The Labute approximate surface area is 242 Å². The van der Waals surface area contributed by atoms with Crippen LogP contribution in [-0.4, -0.2) is 75.9 Å². The first-order valence-corrected chi connectivity index (χ1v) is 15.5. The molecule has 228 valence electrons. The Morgan fingerprint density at radius 1 is 1.27 bits per heavy atom. The van der Waals surface area contributed by atoms with E-state index < -0.39 is 65.8 Å². The van der Waals surface area contributed by atoms with Gasteiger partial charge in [0.05, 0.1) is 19.3 Å². The highest BCUT2D eigenvalue weighted by atomic mass is 35.5. The molecule has 1 aliphatic heterocycles. The Morgan fingerprint density at radius 3 is 2.48 bits per heavy atom. The zero-order valence-corrected chi connectivity index (χ0v) is 26.4. The third-order valence-corrected chi connectivity index (χ3v) is 9.06. The number of hydrogen-bond acceptors (Lipinski definition) is 11.